The Balaban J connectivity index is 1.73. The zero-order valence-corrected chi connectivity index (χ0v) is 12.6. The Morgan fingerprint density at radius 2 is 2.22 bits per heavy atom. The highest BCUT2D eigenvalue weighted by molar-refractivity contribution is 7.11. The predicted octanol–water partition coefficient (Wildman–Crippen LogP) is 4.29. The van der Waals surface area contributed by atoms with Crippen LogP contribution in [-0.4, -0.2) is 11.0 Å². The maximum absolute atomic E-state index is 4.42. The second-order valence-electron chi connectivity index (χ2n) is 5.61. The van der Waals surface area contributed by atoms with E-state index in [-0.39, 0.29) is 0 Å². The Labute approximate surface area is 115 Å². The van der Waals surface area contributed by atoms with E-state index in [4.69, 9.17) is 0 Å². The van der Waals surface area contributed by atoms with Crippen LogP contribution in [0.2, 0.25) is 0 Å². The van der Waals surface area contributed by atoms with Crippen LogP contribution in [0.1, 0.15) is 61.8 Å². The van der Waals surface area contributed by atoms with Gasteiger partial charge in [-0.25, -0.2) is 4.98 Å². The average Bonchev–Trinajstić information content (AvgIpc) is 2.64. The minimum Gasteiger partial charge on any atom is -0.308 e. The van der Waals surface area contributed by atoms with E-state index in [1.807, 2.05) is 17.5 Å². The molecule has 0 aliphatic heterocycles. The molecule has 3 heteroatoms. The van der Waals surface area contributed by atoms with Gasteiger partial charge in [-0.05, 0) is 32.1 Å². The normalized spacial score (nSPS) is 25.0. The van der Waals surface area contributed by atoms with Crippen molar-refractivity contribution in [3.05, 3.63) is 16.1 Å². The van der Waals surface area contributed by atoms with Crippen LogP contribution < -0.4 is 5.32 Å². The van der Waals surface area contributed by atoms with Gasteiger partial charge in [0, 0.05) is 23.7 Å². The van der Waals surface area contributed by atoms with Crippen molar-refractivity contribution in [1.29, 1.82) is 0 Å². The Morgan fingerprint density at radius 3 is 2.94 bits per heavy atom. The molecule has 1 saturated carbocycles. The molecule has 102 valence electrons. The van der Waals surface area contributed by atoms with E-state index >= 15 is 0 Å². The Kier molecular flexibility index (Phi) is 5.64. The van der Waals surface area contributed by atoms with Gasteiger partial charge in [-0.3, -0.25) is 0 Å². The van der Waals surface area contributed by atoms with Crippen LogP contribution in [-0.2, 0) is 6.54 Å². The lowest BCUT2D eigenvalue weighted by Crippen LogP contribution is -2.27. The van der Waals surface area contributed by atoms with Crippen molar-refractivity contribution >= 4 is 11.3 Å². The molecule has 0 aromatic carbocycles. The molecule has 1 heterocycles. The lowest BCUT2D eigenvalue weighted by Gasteiger charge is -2.16. The van der Waals surface area contributed by atoms with Crippen LogP contribution >= 0.6 is 11.3 Å². The van der Waals surface area contributed by atoms with Gasteiger partial charge >= 0.3 is 0 Å². The summed E-state index contributed by atoms with van der Waals surface area (Å²) in [6.07, 6.45) is 11.7. The summed E-state index contributed by atoms with van der Waals surface area (Å²) in [6, 6.07) is 0.719. The third kappa shape index (κ3) is 4.36. The summed E-state index contributed by atoms with van der Waals surface area (Å²) in [5, 5.41) is 4.94. The molecular weight excluding hydrogens is 240 g/mol. The lowest BCUT2D eigenvalue weighted by atomic mass is 9.95. The first-order valence-corrected chi connectivity index (χ1v) is 8.24. The number of aryl methyl sites for hydroxylation is 1. The summed E-state index contributed by atoms with van der Waals surface area (Å²) in [4.78, 5) is 5.74. The standard InChI is InChI=1S/C15H26N2S/c1-3-5-13-6-4-7-14(9-8-13)16-11-15-17-10-12(2)18-15/h10,13-14,16H,3-9,11H2,1-2H3. The zero-order valence-electron chi connectivity index (χ0n) is 11.7. The topological polar surface area (TPSA) is 24.9 Å². The fourth-order valence-corrected chi connectivity index (χ4v) is 3.73. The molecule has 1 fully saturated rings. The van der Waals surface area contributed by atoms with Gasteiger partial charge in [0.15, 0.2) is 0 Å². The molecule has 1 aliphatic carbocycles. The second-order valence-corrected chi connectivity index (χ2v) is 6.92. The van der Waals surface area contributed by atoms with E-state index in [0.717, 1.165) is 18.5 Å². The van der Waals surface area contributed by atoms with E-state index in [1.54, 1.807) is 0 Å². The average molecular weight is 266 g/mol. The summed E-state index contributed by atoms with van der Waals surface area (Å²) < 4.78 is 0. The Hall–Kier alpha value is -0.410. The molecule has 1 aromatic heterocycles. The van der Waals surface area contributed by atoms with E-state index in [0.29, 0.717) is 0 Å². The number of rotatable bonds is 5. The van der Waals surface area contributed by atoms with Crippen molar-refractivity contribution in [3.63, 3.8) is 0 Å². The highest BCUT2D eigenvalue weighted by Gasteiger charge is 2.18. The molecule has 2 unspecified atom stereocenters. The van der Waals surface area contributed by atoms with Gasteiger partial charge in [-0.1, -0.05) is 32.6 Å². The minimum absolute atomic E-state index is 0.719. The third-order valence-electron chi connectivity index (χ3n) is 4.00. The fraction of sp³-hybridized carbons (Fsp3) is 0.800. The van der Waals surface area contributed by atoms with Crippen LogP contribution in [0.4, 0.5) is 0 Å². The molecule has 2 nitrogen and oxygen atoms in total. The predicted molar refractivity (Wildman–Crippen MR) is 79.0 cm³/mol. The first-order valence-electron chi connectivity index (χ1n) is 7.42. The van der Waals surface area contributed by atoms with E-state index < -0.39 is 0 Å². The van der Waals surface area contributed by atoms with Crippen molar-refractivity contribution in [2.75, 3.05) is 0 Å². The minimum atomic E-state index is 0.719. The Morgan fingerprint density at radius 1 is 1.33 bits per heavy atom. The van der Waals surface area contributed by atoms with Gasteiger partial charge in [-0.2, -0.15) is 0 Å². The van der Waals surface area contributed by atoms with E-state index in [1.165, 1.54) is 54.8 Å². The molecule has 0 amide bonds. The monoisotopic (exact) mass is 266 g/mol. The van der Waals surface area contributed by atoms with Gasteiger partial charge in [-0.15, -0.1) is 11.3 Å². The van der Waals surface area contributed by atoms with Crippen molar-refractivity contribution in [3.8, 4) is 0 Å². The number of aromatic nitrogens is 1. The highest BCUT2D eigenvalue weighted by atomic mass is 32.1. The van der Waals surface area contributed by atoms with Gasteiger partial charge in [0.2, 0.25) is 0 Å². The molecule has 1 aliphatic rings. The summed E-state index contributed by atoms with van der Waals surface area (Å²) >= 11 is 1.82. The van der Waals surface area contributed by atoms with Gasteiger partial charge in [0.25, 0.3) is 0 Å². The van der Waals surface area contributed by atoms with Crippen LogP contribution in [0.5, 0.6) is 0 Å². The largest absolute Gasteiger partial charge is 0.308 e. The number of nitrogens with zero attached hydrogens (tertiary/aromatic N) is 1. The summed E-state index contributed by atoms with van der Waals surface area (Å²) in [7, 11) is 0. The molecule has 0 radical (unpaired) electrons. The molecular formula is C15H26N2S. The molecule has 1 N–H and O–H groups in total. The second kappa shape index (κ2) is 7.25. The zero-order chi connectivity index (χ0) is 12.8. The van der Waals surface area contributed by atoms with Crippen molar-refractivity contribution in [2.24, 2.45) is 5.92 Å². The number of nitrogens with one attached hydrogen (secondary N) is 1. The first-order chi connectivity index (χ1) is 8.78. The van der Waals surface area contributed by atoms with Crippen molar-refractivity contribution < 1.29 is 0 Å². The lowest BCUT2D eigenvalue weighted by molar-refractivity contribution is 0.409. The molecule has 0 bridgehead atoms. The summed E-state index contributed by atoms with van der Waals surface area (Å²) in [5.41, 5.74) is 0. The van der Waals surface area contributed by atoms with Crippen LogP contribution in [0.3, 0.4) is 0 Å². The SMILES string of the molecule is CCCC1CCCC(NCc2ncc(C)s2)CC1. The van der Waals surface area contributed by atoms with E-state index in [2.05, 4.69) is 24.1 Å². The summed E-state index contributed by atoms with van der Waals surface area (Å²) in [6.45, 7) is 5.40. The summed E-state index contributed by atoms with van der Waals surface area (Å²) in [5.74, 6) is 0.990. The van der Waals surface area contributed by atoms with Crippen LogP contribution in [0.15, 0.2) is 6.20 Å². The molecule has 1 aromatic rings. The maximum atomic E-state index is 4.42. The number of hydrogen-bond donors (Lipinski definition) is 1. The molecule has 18 heavy (non-hydrogen) atoms. The third-order valence-corrected chi connectivity index (χ3v) is 4.91. The Bertz CT molecular complexity index is 348. The number of hydrogen-bond acceptors (Lipinski definition) is 3. The van der Waals surface area contributed by atoms with Gasteiger partial charge in [0.1, 0.15) is 5.01 Å². The molecule has 2 atom stereocenters. The van der Waals surface area contributed by atoms with Crippen molar-refractivity contribution in [2.45, 2.75) is 71.4 Å². The molecule has 0 spiro atoms. The number of thiazole rings is 1. The van der Waals surface area contributed by atoms with E-state index in [9.17, 15) is 0 Å². The molecule has 0 saturated heterocycles. The van der Waals surface area contributed by atoms with Crippen molar-refractivity contribution in [1.82, 2.24) is 10.3 Å². The van der Waals surface area contributed by atoms with Crippen LogP contribution in [0.25, 0.3) is 0 Å². The first kappa shape index (κ1) is 14.0. The fourth-order valence-electron chi connectivity index (χ4n) is 2.99. The maximum Gasteiger partial charge on any atom is 0.107 e. The molecule has 2 rings (SSSR count). The smallest absolute Gasteiger partial charge is 0.107 e. The van der Waals surface area contributed by atoms with Crippen LogP contribution in [0, 0.1) is 12.8 Å². The quantitative estimate of drug-likeness (QED) is 0.804. The van der Waals surface area contributed by atoms with Gasteiger partial charge in [0.05, 0.1) is 0 Å². The van der Waals surface area contributed by atoms with Gasteiger partial charge < -0.3 is 5.32 Å². The highest BCUT2D eigenvalue weighted by Crippen LogP contribution is 2.26.